The summed E-state index contributed by atoms with van der Waals surface area (Å²) in [4.78, 5) is 11.4. The fourth-order valence-electron chi connectivity index (χ4n) is 2.29. The SMILES string of the molecule is CC(N)CC(=O)NCC1CCC(C)(C)CC1.Cl. The van der Waals surface area contributed by atoms with Gasteiger partial charge in [-0.15, -0.1) is 12.4 Å². The third-order valence-electron chi connectivity index (χ3n) is 3.55. The molecular weight excluding hydrogens is 236 g/mol. The van der Waals surface area contributed by atoms with E-state index in [2.05, 4.69) is 19.2 Å². The molecule has 1 aliphatic carbocycles. The first kappa shape index (κ1) is 16.7. The first-order valence-corrected chi connectivity index (χ1v) is 6.41. The summed E-state index contributed by atoms with van der Waals surface area (Å²) in [7, 11) is 0. The second kappa shape index (κ2) is 7.22. The molecule has 1 amide bonds. The van der Waals surface area contributed by atoms with Crippen molar-refractivity contribution in [2.45, 2.75) is 58.9 Å². The van der Waals surface area contributed by atoms with Gasteiger partial charge in [0.25, 0.3) is 0 Å². The lowest BCUT2D eigenvalue weighted by Gasteiger charge is -2.34. The van der Waals surface area contributed by atoms with E-state index in [9.17, 15) is 4.79 Å². The highest BCUT2D eigenvalue weighted by atomic mass is 35.5. The molecule has 0 radical (unpaired) electrons. The lowest BCUT2D eigenvalue weighted by Crippen LogP contribution is -2.35. The van der Waals surface area contributed by atoms with Crippen LogP contribution in [-0.4, -0.2) is 18.5 Å². The van der Waals surface area contributed by atoms with Crippen LogP contribution in [0.25, 0.3) is 0 Å². The highest BCUT2D eigenvalue weighted by molar-refractivity contribution is 5.85. The molecule has 1 fully saturated rings. The van der Waals surface area contributed by atoms with Gasteiger partial charge in [-0.1, -0.05) is 13.8 Å². The molecule has 4 heteroatoms. The zero-order valence-electron chi connectivity index (χ0n) is 11.3. The molecule has 102 valence electrons. The maximum absolute atomic E-state index is 11.4. The first-order chi connectivity index (χ1) is 7.39. The maximum atomic E-state index is 11.4. The van der Waals surface area contributed by atoms with E-state index in [-0.39, 0.29) is 24.4 Å². The molecule has 3 N–H and O–H groups in total. The van der Waals surface area contributed by atoms with Crippen LogP contribution in [-0.2, 0) is 4.79 Å². The van der Waals surface area contributed by atoms with Gasteiger partial charge in [0.05, 0.1) is 0 Å². The van der Waals surface area contributed by atoms with Crippen molar-refractivity contribution in [2.75, 3.05) is 6.54 Å². The zero-order chi connectivity index (χ0) is 12.2. The van der Waals surface area contributed by atoms with Gasteiger partial charge in [-0.3, -0.25) is 4.79 Å². The molecular formula is C13H27ClN2O. The van der Waals surface area contributed by atoms with Gasteiger partial charge in [0.2, 0.25) is 5.91 Å². The van der Waals surface area contributed by atoms with Crippen LogP contribution in [0.15, 0.2) is 0 Å². The molecule has 0 bridgehead atoms. The van der Waals surface area contributed by atoms with Crippen molar-refractivity contribution >= 4 is 18.3 Å². The standard InChI is InChI=1S/C13H26N2O.ClH/c1-10(14)8-12(16)15-9-11-4-6-13(2,3)7-5-11;/h10-11H,4-9,14H2,1-3H3,(H,15,16);1H. The quantitative estimate of drug-likeness (QED) is 0.818. The molecule has 0 aliphatic heterocycles. The van der Waals surface area contributed by atoms with Crippen LogP contribution in [0.1, 0.15) is 52.9 Å². The average Bonchev–Trinajstić information content (AvgIpc) is 2.15. The smallest absolute Gasteiger partial charge is 0.221 e. The van der Waals surface area contributed by atoms with Crippen LogP contribution in [0, 0.1) is 11.3 Å². The van der Waals surface area contributed by atoms with Crippen molar-refractivity contribution in [1.29, 1.82) is 0 Å². The van der Waals surface area contributed by atoms with E-state index in [1.807, 2.05) is 6.92 Å². The molecule has 1 saturated carbocycles. The third-order valence-corrected chi connectivity index (χ3v) is 3.55. The van der Waals surface area contributed by atoms with Crippen molar-refractivity contribution in [1.82, 2.24) is 5.32 Å². The molecule has 0 spiro atoms. The van der Waals surface area contributed by atoms with E-state index in [0.29, 0.717) is 17.8 Å². The Balaban J connectivity index is 0.00000256. The number of hydrogen-bond acceptors (Lipinski definition) is 2. The molecule has 0 aromatic rings. The Morgan fingerprint density at radius 1 is 1.41 bits per heavy atom. The third kappa shape index (κ3) is 6.89. The Kier molecular flexibility index (Phi) is 7.10. The highest BCUT2D eigenvalue weighted by Crippen LogP contribution is 2.37. The number of nitrogens with two attached hydrogens (primary N) is 1. The first-order valence-electron chi connectivity index (χ1n) is 6.41. The minimum absolute atomic E-state index is 0. The molecule has 0 saturated heterocycles. The molecule has 17 heavy (non-hydrogen) atoms. The summed E-state index contributed by atoms with van der Waals surface area (Å²) in [5.74, 6) is 0.768. The van der Waals surface area contributed by atoms with Crippen LogP contribution >= 0.6 is 12.4 Å². The largest absolute Gasteiger partial charge is 0.356 e. The number of hydrogen-bond donors (Lipinski definition) is 2. The van der Waals surface area contributed by atoms with Crippen molar-refractivity contribution in [2.24, 2.45) is 17.1 Å². The Hall–Kier alpha value is -0.280. The number of amides is 1. The summed E-state index contributed by atoms with van der Waals surface area (Å²) >= 11 is 0. The van der Waals surface area contributed by atoms with E-state index in [0.717, 1.165) is 6.54 Å². The van der Waals surface area contributed by atoms with E-state index in [1.165, 1.54) is 25.7 Å². The number of rotatable bonds is 4. The van der Waals surface area contributed by atoms with Crippen LogP contribution < -0.4 is 11.1 Å². The minimum Gasteiger partial charge on any atom is -0.356 e. The minimum atomic E-state index is -0.0368. The normalized spacial score (nSPS) is 21.4. The summed E-state index contributed by atoms with van der Waals surface area (Å²) in [5.41, 5.74) is 6.08. The molecule has 1 aliphatic rings. The Morgan fingerprint density at radius 2 is 1.94 bits per heavy atom. The molecule has 1 atom stereocenters. The Labute approximate surface area is 111 Å². The summed E-state index contributed by atoms with van der Waals surface area (Å²) in [6.07, 6.45) is 5.48. The Bertz CT molecular complexity index is 232. The van der Waals surface area contributed by atoms with Gasteiger partial charge in [-0.05, 0) is 43.9 Å². The highest BCUT2D eigenvalue weighted by Gasteiger charge is 2.26. The fraction of sp³-hybridized carbons (Fsp3) is 0.923. The average molecular weight is 263 g/mol. The summed E-state index contributed by atoms with van der Waals surface area (Å²) in [6.45, 7) is 7.36. The van der Waals surface area contributed by atoms with Gasteiger partial charge < -0.3 is 11.1 Å². The molecule has 0 aromatic heterocycles. The molecule has 0 heterocycles. The predicted octanol–water partition coefficient (Wildman–Crippen LogP) is 2.48. The van der Waals surface area contributed by atoms with E-state index in [1.54, 1.807) is 0 Å². The van der Waals surface area contributed by atoms with Gasteiger partial charge in [-0.2, -0.15) is 0 Å². The Morgan fingerprint density at radius 3 is 2.41 bits per heavy atom. The molecule has 3 nitrogen and oxygen atoms in total. The van der Waals surface area contributed by atoms with E-state index < -0.39 is 0 Å². The van der Waals surface area contributed by atoms with Crippen LogP contribution in [0.4, 0.5) is 0 Å². The molecule has 1 unspecified atom stereocenters. The zero-order valence-corrected chi connectivity index (χ0v) is 12.1. The number of carbonyl (C=O) groups is 1. The van der Waals surface area contributed by atoms with Gasteiger partial charge >= 0.3 is 0 Å². The lowest BCUT2D eigenvalue weighted by atomic mass is 9.73. The number of nitrogens with one attached hydrogen (secondary N) is 1. The van der Waals surface area contributed by atoms with E-state index >= 15 is 0 Å². The van der Waals surface area contributed by atoms with Gasteiger partial charge in [-0.25, -0.2) is 0 Å². The summed E-state index contributed by atoms with van der Waals surface area (Å²) in [6, 6.07) is -0.0368. The molecule has 0 aromatic carbocycles. The number of halogens is 1. The van der Waals surface area contributed by atoms with Gasteiger partial charge in [0, 0.05) is 19.0 Å². The summed E-state index contributed by atoms with van der Waals surface area (Å²) in [5, 5.41) is 2.99. The number of carbonyl (C=O) groups excluding carboxylic acids is 1. The van der Waals surface area contributed by atoms with Crippen LogP contribution in [0.3, 0.4) is 0 Å². The predicted molar refractivity (Wildman–Crippen MR) is 74.3 cm³/mol. The van der Waals surface area contributed by atoms with Gasteiger partial charge in [0.15, 0.2) is 0 Å². The van der Waals surface area contributed by atoms with Crippen molar-refractivity contribution in [3.63, 3.8) is 0 Å². The van der Waals surface area contributed by atoms with E-state index in [4.69, 9.17) is 5.73 Å². The van der Waals surface area contributed by atoms with Crippen molar-refractivity contribution in [3.8, 4) is 0 Å². The lowest BCUT2D eigenvalue weighted by molar-refractivity contribution is -0.121. The topological polar surface area (TPSA) is 55.1 Å². The second-order valence-electron chi connectivity index (χ2n) is 6.09. The summed E-state index contributed by atoms with van der Waals surface area (Å²) < 4.78 is 0. The van der Waals surface area contributed by atoms with Crippen molar-refractivity contribution in [3.05, 3.63) is 0 Å². The van der Waals surface area contributed by atoms with Crippen LogP contribution in [0.2, 0.25) is 0 Å². The monoisotopic (exact) mass is 262 g/mol. The molecule has 1 rings (SSSR count). The second-order valence-corrected chi connectivity index (χ2v) is 6.09. The van der Waals surface area contributed by atoms with Gasteiger partial charge in [0.1, 0.15) is 0 Å². The fourth-order valence-corrected chi connectivity index (χ4v) is 2.29. The van der Waals surface area contributed by atoms with Crippen LogP contribution in [0.5, 0.6) is 0 Å². The van der Waals surface area contributed by atoms with Crippen molar-refractivity contribution < 1.29 is 4.79 Å². The maximum Gasteiger partial charge on any atom is 0.221 e.